The van der Waals surface area contributed by atoms with Crippen LogP contribution < -0.4 is 5.32 Å². The number of piperidine rings is 1. The van der Waals surface area contributed by atoms with Crippen molar-refractivity contribution < 1.29 is 14.6 Å². The Labute approximate surface area is 102 Å². The molecule has 0 spiro atoms. The molecule has 98 valence electrons. The van der Waals surface area contributed by atoms with Gasteiger partial charge in [-0.05, 0) is 33.1 Å². The summed E-state index contributed by atoms with van der Waals surface area (Å²) in [5.74, 6) is 0.496. The molecule has 2 fully saturated rings. The Morgan fingerprint density at radius 3 is 2.82 bits per heavy atom. The van der Waals surface area contributed by atoms with Crippen molar-refractivity contribution in [3.8, 4) is 0 Å². The number of nitrogens with zero attached hydrogens (tertiary/aromatic N) is 1. The van der Waals surface area contributed by atoms with E-state index in [-0.39, 0.29) is 24.8 Å². The van der Waals surface area contributed by atoms with Gasteiger partial charge >= 0.3 is 6.09 Å². The summed E-state index contributed by atoms with van der Waals surface area (Å²) in [6.07, 6.45) is 0.712. The molecule has 2 aliphatic heterocycles. The lowest BCUT2D eigenvalue weighted by Crippen LogP contribution is -2.52. The molecule has 2 saturated heterocycles. The topological polar surface area (TPSA) is 61.8 Å². The number of carbonyl (C=O) groups is 1. The summed E-state index contributed by atoms with van der Waals surface area (Å²) in [7, 11) is 0. The highest BCUT2D eigenvalue weighted by molar-refractivity contribution is 5.69. The molecule has 3 atom stereocenters. The number of nitrogens with one attached hydrogen (secondary N) is 1. The van der Waals surface area contributed by atoms with E-state index in [0.717, 1.165) is 19.5 Å². The maximum Gasteiger partial charge on any atom is 0.410 e. The zero-order chi connectivity index (χ0) is 12.6. The van der Waals surface area contributed by atoms with Crippen molar-refractivity contribution in [3.05, 3.63) is 0 Å². The molecule has 0 saturated carbocycles. The first-order chi connectivity index (χ1) is 7.90. The second-order valence-electron chi connectivity index (χ2n) is 6.00. The van der Waals surface area contributed by atoms with E-state index in [1.807, 2.05) is 20.8 Å². The van der Waals surface area contributed by atoms with Crippen molar-refractivity contribution in [1.29, 1.82) is 0 Å². The van der Waals surface area contributed by atoms with Crippen LogP contribution in [0.25, 0.3) is 0 Å². The van der Waals surface area contributed by atoms with Gasteiger partial charge in [-0.15, -0.1) is 0 Å². The second-order valence-corrected chi connectivity index (χ2v) is 6.00. The van der Waals surface area contributed by atoms with Crippen molar-refractivity contribution in [3.63, 3.8) is 0 Å². The van der Waals surface area contributed by atoms with Gasteiger partial charge in [-0.25, -0.2) is 4.79 Å². The Morgan fingerprint density at radius 2 is 2.24 bits per heavy atom. The summed E-state index contributed by atoms with van der Waals surface area (Å²) < 4.78 is 5.40. The maximum atomic E-state index is 12.1. The van der Waals surface area contributed by atoms with Crippen LogP contribution in [0.15, 0.2) is 0 Å². The van der Waals surface area contributed by atoms with E-state index in [1.165, 1.54) is 0 Å². The summed E-state index contributed by atoms with van der Waals surface area (Å²) in [5, 5.41) is 12.6. The summed E-state index contributed by atoms with van der Waals surface area (Å²) in [4.78, 5) is 13.8. The van der Waals surface area contributed by atoms with Crippen LogP contribution in [0.1, 0.15) is 27.2 Å². The highest BCUT2D eigenvalue weighted by atomic mass is 16.6. The van der Waals surface area contributed by atoms with Gasteiger partial charge in [0.1, 0.15) is 5.60 Å². The van der Waals surface area contributed by atoms with Crippen LogP contribution in [0.2, 0.25) is 0 Å². The minimum absolute atomic E-state index is 0.0127. The van der Waals surface area contributed by atoms with Gasteiger partial charge < -0.3 is 20.1 Å². The zero-order valence-corrected chi connectivity index (χ0v) is 10.8. The Morgan fingerprint density at radius 1 is 1.53 bits per heavy atom. The molecular weight excluding hydrogens is 220 g/mol. The normalized spacial score (nSPS) is 32.7. The van der Waals surface area contributed by atoms with Crippen LogP contribution in [-0.4, -0.2) is 53.5 Å². The average molecular weight is 242 g/mol. The van der Waals surface area contributed by atoms with Crippen molar-refractivity contribution >= 4 is 6.09 Å². The van der Waals surface area contributed by atoms with Gasteiger partial charge in [0.2, 0.25) is 0 Å². The van der Waals surface area contributed by atoms with Crippen LogP contribution in [-0.2, 0) is 4.74 Å². The molecule has 2 N–H and O–H groups in total. The Bertz CT molecular complexity index is 301. The summed E-state index contributed by atoms with van der Waals surface area (Å²) >= 11 is 0. The number of aliphatic hydroxyl groups is 1. The van der Waals surface area contributed by atoms with Crippen LogP contribution >= 0.6 is 0 Å². The fraction of sp³-hybridized carbons (Fsp3) is 0.917. The Kier molecular flexibility index (Phi) is 3.32. The van der Waals surface area contributed by atoms with E-state index in [0.29, 0.717) is 5.92 Å². The molecule has 2 aliphatic rings. The smallest absolute Gasteiger partial charge is 0.410 e. The van der Waals surface area contributed by atoms with E-state index in [1.54, 1.807) is 4.90 Å². The fourth-order valence-electron chi connectivity index (χ4n) is 2.66. The number of fused-ring (bicyclic) bond motifs is 2. The molecule has 17 heavy (non-hydrogen) atoms. The number of carbonyl (C=O) groups excluding carboxylic acids is 1. The third-order valence-electron chi connectivity index (χ3n) is 3.39. The van der Waals surface area contributed by atoms with E-state index < -0.39 is 5.60 Å². The lowest BCUT2D eigenvalue weighted by molar-refractivity contribution is 0.0183. The largest absolute Gasteiger partial charge is 0.444 e. The Hall–Kier alpha value is -0.810. The van der Waals surface area contributed by atoms with Crippen molar-refractivity contribution in [1.82, 2.24) is 10.2 Å². The third-order valence-corrected chi connectivity index (χ3v) is 3.39. The Balaban J connectivity index is 2.04. The highest BCUT2D eigenvalue weighted by Gasteiger charge is 2.44. The summed E-state index contributed by atoms with van der Waals surface area (Å²) in [5.41, 5.74) is -0.462. The lowest BCUT2D eigenvalue weighted by Gasteiger charge is -2.33. The van der Waals surface area contributed by atoms with Gasteiger partial charge in [0.15, 0.2) is 0 Å². The lowest BCUT2D eigenvalue weighted by atomic mass is 9.96. The van der Waals surface area contributed by atoms with Gasteiger partial charge in [0.05, 0.1) is 18.7 Å². The molecule has 0 aromatic rings. The standard InChI is InChI=1S/C12H22N2O3/c1-12(2,3)17-11(16)14-6-8-4-10(14)9(7-15)13-5-8/h8-10,13,15H,4-7H2,1-3H3/t8-,9?,10?/m0/s1. The molecule has 1 amide bonds. The summed E-state index contributed by atoms with van der Waals surface area (Å²) in [6, 6.07) is 0.0647. The first kappa shape index (κ1) is 12.6. The molecule has 0 aromatic heterocycles. The predicted molar refractivity (Wildman–Crippen MR) is 63.7 cm³/mol. The molecule has 5 heteroatoms. The summed E-state index contributed by atoms with van der Waals surface area (Å²) in [6.45, 7) is 7.29. The number of hydrogen-bond acceptors (Lipinski definition) is 4. The third kappa shape index (κ3) is 2.72. The highest BCUT2D eigenvalue weighted by Crippen LogP contribution is 2.30. The van der Waals surface area contributed by atoms with Crippen molar-refractivity contribution in [2.24, 2.45) is 5.92 Å². The minimum Gasteiger partial charge on any atom is -0.444 e. The van der Waals surface area contributed by atoms with E-state index in [4.69, 9.17) is 4.74 Å². The monoisotopic (exact) mass is 242 g/mol. The molecule has 2 heterocycles. The number of aliphatic hydroxyl groups excluding tert-OH is 1. The maximum absolute atomic E-state index is 12.1. The predicted octanol–water partition coefficient (Wildman–Crippen LogP) is 0.576. The molecule has 2 rings (SSSR count). The average Bonchev–Trinajstić information content (AvgIpc) is 2.55. The minimum atomic E-state index is -0.462. The molecule has 0 aliphatic carbocycles. The van der Waals surface area contributed by atoms with Crippen LogP contribution in [0.4, 0.5) is 4.79 Å². The molecule has 0 aromatic carbocycles. The van der Waals surface area contributed by atoms with Gasteiger partial charge in [0.25, 0.3) is 0 Å². The SMILES string of the molecule is CC(C)(C)OC(=O)N1C[C@@H]2CNC(CO)C1C2. The number of amides is 1. The number of ether oxygens (including phenoxy) is 1. The van der Waals surface area contributed by atoms with Crippen molar-refractivity contribution in [2.75, 3.05) is 19.7 Å². The van der Waals surface area contributed by atoms with E-state index >= 15 is 0 Å². The van der Waals surface area contributed by atoms with Gasteiger partial charge in [-0.1, -0.05) is 0 Å². The molecule has 2 bridgehead atoms. The molecule has 0 radical (unpaired) electrons. The first-order valence-electron chi connectivity index (χ1n) is 6.24. The number of hydrogen-bond donors (Lipinski definition) is 2. The van der Waals surface area contributed by atoms with Gasteiger partial charge in [0, 0.05) is 13.1 Å². The fourth-order valence-corrected chi connectivity index (χ4v) is 2.66. The molecule has 5 nitrogen and oxygen atoms in total. The van der Waals surface area contributed by atoms with E-state index in [9.17, 15) is 9.90 Å². The van der Waals surface area contributed by atoms with Crippen LogP contribution in [0.3, 0.4) is 0 Å². The van der Waals surface area contributed by atoms with Gasteiger partial charge in [-0.2, -0.15) is 0 Å². The molecular formula is C12H22N2O3. The number of rotatable bonds is 1. The van der Waals surface area contributed by atoms with Crippen molar-refractivity contribution in [2.45, 2.75) is 44.9 Å². The van der Waals surface area contributed by atoms with Crippen LogP contribution in [0, 0.1) is 5.92 Å². The van der Waals surface area contributed by atoms with Gasteiger partial charge in [-0.3, -0.25) is 0 Å². The van der Waals surface area contributed by atoms with Crippen LogP contribution in [0.5, 0.6) is 0 Å². The van der Waals surface area contributed by atoms with E-state index in [2.05, 4.69) is 5.32 Å². The second kappa shape index (κ2) is 4.46. The zero-order valence-electron chi connectivity index (χ0n) is 10.8. The first-order valence-corrected chi connectivity index (χ1v) is 6.24. The molecule has 2 unspecified atom stereocenters. The quantitative estimate of drug-likeness (QED) is 0.706. The number of likely N-dealkylation sites (tertiary alicyclic amines) is 1.